The summed E-state index contributed by atoms with van der Waals surface area (Å²) in [6.07, 6.45) is 2.24. The van der Waals surface area contributed by atoms with Crippen molar-refractivity contribution in [1.82, 2.24) is 5.32 Å². The zero-order chi connectivity index (χ0) is 15.7. The lowest BCUT2D eigenvalue weighted by Crippen LogP contribution is -2.35. The predicted molar refractivity (Wildman–Crippen MR) is 89.3 cm³/mol. The van der Waals surface area contributed by atoms with Gasteiger partial charge in [0.25, 0.3) is 0 Å². The lowest BCUT2D eigenvalue weighted by molar-refractivity contribution is 0.0981. The monoisotopic (exact) mass is 313 g/mol. The minimum Gasteiger partial charge on any atom is -0.490 e. The van der Waals surface area contributed by atoms with E-state index in [0.717, 1.165) is 37.3 Å². The molecule has 1 aromatic rings. The van der Waals surface area contributed by atoms with Crippen LogP contribution in [0.15, 0.2) is 18.2 Å². The van der Waals surface area contributed by atoms with Crippen molar-refractivity contribution >= 4 is 11.6 Å². The van der Waals surface area contributed by atoms with E-state index >= 15 is 0 Å². The summed E-state index contributed by atoms with van der Waals surface area (Å²) in [5, 5.41) is 4.09. The summed E-state index contributed by atoms with van der Waals surface area (Å²) < 4.78 is 11.1. The van der Waals surface area contributed by atoms with Crippen molar-refractivity contribution in [2.45, 2.75) is 52.6 Å². The van der Waals surface area contributed by atoms with Gasteiger partial charge in [-0.3, -0.25) is 0 Å². The molecule has 0 amide bonds. The van der Waals surface area contributed by atoms with E-state index in [1.807, 2.05) is 18.2 Å². The number of benzene rings is 1. The molecule has 0 aliphatic rings. The molecule has 0 atom stereocenters. The van der Waals surface area contributed by atoms with Crippen LogP contribution in [-0.2, 0) is 11.3 Å². The lowest BCUT2D eigenvalue weighted by atomic mass is 10.1. The average molecular weight is 314 g/mol. The topological polar surface area (TPSA) is 30.5 Å². The summed E-state index contributed by atoms with van der Waals surface area (Å²) in [4.78, 5) is 0. The van der Waals surface area contributed by atoms with E-state index in [2.05, 4.69) is 33.0 Å². The Hall–Kier alpha value is -0.770. The van der Waals surface area contributed by atoms with E-state index in [1.54, 1.807) is 0 Å². The quantitative estimate of drug-likeness (QED) is 0.684. The Bertz CT molecular complexity index is 416. The maximum absolute atomic E-state index is 6.25. The van der Waals surface area contributed by atoms with Crippen LogP contribution < -0.4 is 10.1 Å². The van der Waals surface area contributed by atoms with E-state index in [4.69, 9.17) is 21.1 Å². The van der Waals surface area contributed by atoms with E-state index in [-0.39, 0.29) is 5.54 Å². The van der Waals surface area contributed by atoms with E-state index < -0.39 is 0 Å². The Morgan fingerprint density at radius 2 is 1.90 bits per heavy atom. The molecule has 120 valence electrons. The summed E-state index contributed by atoms with van der Waals surface area (Å²) in [7, 11) is 0. The molecule has 0 radical (unpaired) electrons. The van der Waals surface area contributed by atoms with Gasteiger partial charge in [0.15, 0.2) is 0 Å². The lowest BCUT2D eigenvalue weighted by Gasteiger charge is -2.20. The van der Waals surface area contributed by atoms with Crippen LogP contribution in [0, 0.1) is 0 Å². The maximum atomic E-state index is 6.25. The highest BCUT2D eigenvalue weighted by molar-refractivity contribution is 6.32. The molecule has 0 unspecified atom stereocenters. The molecule has 4 heteroatoms. The first-order chi connectivity index (χ1) is 9.92. The number of hydrogen-bond donors (Lipinski definition) is 1. The molecule has 1 rings (SSSR count). The fourth-order valence-corrected chi connectivity index (χ4v) is 1.96. The molecule has 0 aliphatic heterocycles. The maximum Gasteiger partial charge on any atom is 0.138 e. The molecule has 0 heterocycles. The standard InChI is InChI=1S/C17H28ClNO2/c1-5-6-9-20-10-11-21-16-8-7-14(12-15(16)18)13-19-17(2,3)4/h7-8,12,19H,5-6,9-11,13H2,1-4H3. The van der Waals surface area contributed by atoms with Gasteiger partial charge in [0.05, 0.1) is 11.6 Å². The van der Waals surface area contributed by atoms with E-state index in [9.17, 15) is 0 Å². The Morgan fingerprint density at radius 1 is 1.14 bits per heavy atom. The number of nitrogens with one attached hydrogen (secondary N) is 1. The minimum absolute atomic E-state index is 0.0947. The van der Waals surface area contributed by atoms with Gasteiger partial charge in [0, 0.05) is 18.7 Å². The second kappa shape index (κ2) is 9.29. The summed E-state index contributed by atoms with van der Waals surface area (Å²) in [5.74, 6) is 0.718. The summed E-state index contributed by atoms with van der Waals surface area (Å²) in [5.41, 5.74) is 1.25. The first kappa shape index (κ1) is 18.3. The van der Waals surface area contributed by atoms with Crippen LogP contribution in [0.2, 0.25) is 5.02 Å². The van der Waals surface area contributed by atoms with Gasteiger partial charge < -0.3 is 14.8 Å². The van der Waals surface area contributed by atoms with Crippen LogP contribution >= 0.6 is 11.6 Å². The minimum atomic E-state index is 0.0947. The van der Waals surface area contributed by atoms with Crippen molar-refractivity contribution in [3.8, 4) is 5.75 Å². The van der Waals surface area contributed by atoms with Crippen LogP contribution in [0.3, 0.4) is 0 Å². The molecule has 3 nitrogen and oxygen atoms in total. The van der Waals surface area contributed by atoms with E-state index in [0.29, 0.717) is 18.2 Å². The molecule has 1 N–H and O–H groups in total. The number of unbranched alkanes of at least 4 members (excludes halogenated alkanes) is 1. The van der Waals surface area contributed by atoms with Crippen LogP contribution in [-0.4, -0.2) is 25.4 Å². The van der Waals surface area contributed by atoms with Gasteiger partial charge in [-0.25, -0.2) is 0 Å². The fraction of sp³-hybridized carbons (Fsp3) is 0.647. The Balaban J connectivity index is 2.36. The molecule has 0 fully saturated rings. The smallest absolute Gasteiger partial charge is 0.138 e. The summed E-state index contributed by atoms with van der Waals surface area (Å²) in [6, 6.07) is 5.92. The van der Waals surface area contributed by atoms with Crippen molar-refractivity contribution in [1.29, 1.82) is 0 Å². The summed E-state index contributed by atoms with van der Waals surface area (Å²) in [6.45, 7) is 11.3. The molecule has 0 bridgehead atoms. The highest BCUT2D eigenvalue weighted by Crippen LogP contribution is 2.25. The van der Waals surface area contributed by atoms with Crippen molar-refractivity contribution in [2.75, 3.05) is 19.8 Å². The Labute approximate surface area is 134 Å². The van der Waals surface area contributed by atoms with Crippen molar-refractivity contribution in [3.63, 3.8) is 0 Å². The van der Waals surface area contributed by atoms with E-state index in [1.165, 1.54) is 0 Å². The molecule has 0 saturated carbocycles. The van der Waals surface area contributed by atoms with Crippen molar-refractivity contribution < 1.29 is 9.47 Å². The Morgan fingerprint density at radius 3 is 2.52 bits per heavy atom. The second-order valence-electron chi connectivity index (χ2n) is 6.18. The highest BCUT2D eigenvalue weighted by Gasteiger charge is 2.09. The zero-order valence-corrected chi connectivity index (χ0v) is 14.4. The van der Waals surface area contributed by atoms with Gasteiger partial charge in [0.2, 0.25) is 0 Å². The van der Waals surface area contributed by atoms with Crippen molar-refractivity contribution in [3.05, 3.63) is 28.8 Å². The fourth-order valence-electron chi connectivity index (χ4n) is 1.70. The SMILES string of the molecule is CCCCOCCOc1ccc(CNC(C)(C)C)cc1Cl. The highest BCUT2D eigenvalue weighted by atomic mass is 35.5. The summed E-state index contributed by atoms with van der Waals surface area (Å²) >= 11 is 6.25. The van der Waals surface area contributed by atoms with Gasteiger partial charge in [-0.2, -0.15) is 0 Å². The van der Waals surface area contributed by atoms with Crippen LogP contribution in [0.5, 0.6) is 5.75 Å². The average Bonchev–Trinajstić information content (AvgIpc) is 2.41. The number of ether oxygens (including phenoxy) is 2. The number of hydrogen-bond acceptors (Lipinski definition) is 3. The molecule has 1 aromatic carbocycles. The van der Waals surface area contributed by atoms with Gasteiger partial charge in [-0.05, 0) is 44.9 Å². The molecule has 0 spiro atoms. The predicted octanol–water partition coefficient (Wildman–Crippen LogP) is 4.42. The first-order valence-corrected chi connectivity index (χ1v) is 8.04. The zero-order valence-electron chi connectivity index (χ0n) is 13.7. The number of halogens is 1. The second-order valence-corrected chi connectivity index (χ2v) is 6.59. The third-order valence-corrected chi connectivity index (χ3v) is 3.24. The molecular weight excluding hydrogens is 286 g/mol. The largest absolute Gasteiger partial charge is 0.490 e. The molecule has 0 aromatic heterocycles. The number of rotatable bonds is 9. The molecule has 21 heavy (non-hydrogen) atoms. The normalized spacial score (nSPS) is 11.7. The Kier molecular flexibility index (Phi) is 8.09. The van der Waals surface area contributed by atoms with Gasteiger partial charge in [0.1, 0.15) is 12.4 Å². The molecule has 0 saturated heterocycles. The third kappa shape index (κ3) is 8.30. The molecule has 0 aliphatic carbocycles. The van der Waals surface area contributed by atoms with Crippen LogP contribution in [0.4, 0.5) is 0 Å². The first-order valence-electron chi connectivity index (χ1n) is 7.66. The van der Waals surface area contributed by atoms with Crippen LogP contribution in [0.25, 0.3) is 0 Å². The van der Waals surface area contributed by atoms with Gasteiger partial charge in [-0.1, -0.05) is 31.0 Å². The third-order valence-electron chi connectivity index (χ3n) is 2.95. The van der Waals surface area contributed by atoms with Gasteiger partial charge >= 0.3 is 0 Å². The van der Waals surface area contributed by atoms with Crippen LogP contribution in [0.1, 0.15) is 46.1 Å². The van der Waals surface area contributed by atoms with Crippen molar-refractivity contribution in [2.24, 2.45) is 0 Å². The van der Waals surface area contributed by atoms with Gasteiger partial charge in [-0.15, -0.1) is 0 Å². The molecular formula is C17H28ClNO2.